The molecule has 2 rings (SSSR count). The van der Waals surface area contributed by atoms with Crippen LogP contribution >= 0.6 is 15.9 Å². The van der Waals surface area contributed by atoms with Crippen molar-refractivity contribution >= 4 is 15.9 Å². The highest BCUT2D eigenvalue weighted by molar-refractivity contribution is 9.10. The van der Waals surface area contributed by atoms with Crippen molar-refractivity contribution in [3.63, 3.8) is 0 Å². The van der Waals surface area contributed by atoms with E-state index in [1.807, 2.05) is 11.6 Å². The third kappa shape index (κ3) is 2.97. The summed E-state index contributed by atoms with van der Waals surface area (Å²) < 4.78 is 3.03. The molecule has 1 aromatic carbocycles. The van der Waals surface area contributed by atoms with E-state index in [0.717, 1.165) is 10.3 Å². The molecule has 0 fully saturated rings. The summed E-state index contributed by atoms with van der Waals surface area (Å²) in [6.45, 7) is 4.25. The van der Waals surface area contributed by atoms with Crippen molar-refractivity contribution in [1.82, 2.24) is 20.1 Å². The molecular formula is C13H17BrN4. The van der Waals surface area contributed by atoms with Gasteiger partial charge in [0.25, 0.3) is 0 Å². The van der Waals surface area contributed by atoms with Crippen LogP contribution in [0.1, 0.15) is 37.3 Å². The molecule has 1 heterocycles. The Bertz CT molecular complexity index is 506. The van der Waals surface area contributed by atoms with E-state index in [9.17, 15) is 0 Å². The minimum absolute atomic E-state index is 0.163. The van der Waals surface area contributed by atoms with Crippen LogP contribution in [0, 0.1) is 0 Å². The first-order chi connectivity index (χ1) is 8.58. The summed E-state index contributed by atoms with van der Waals surface area (Å²) in [6.07, 6.45) is 1.72. The Balaban J connectivity index is 2.05. The van der Waals surface area contributed by atoms with Crippen LogP contribution in [0.2, 0.25) is 0 Å². The molecule has 5 heteroatoms. The van der Waals surface area contributed by atoms with Gasteiger partial charge in [-0.05, 0) is 31.5 Å². The number of nitrogens with zero attached hydrogens (tertiary/aromatic N) is 3. The van der Waals surface area contributed by atoms with Gasteiger partial charge in [-0.25, -0.2) is 0 Å². The van der Waals surface area contributed by atoms with Crippen LogP contribution < -0.4 is 5.32 Å². The lowest BCUT2D eigenvalue weighted by Crippen LogP contribution is -2.24. The molecule has 0 aliphatic carbocycles. The highest BCUT2D eigenvalue weighted by atomic mass is 79.9. The fourth-order valence-corrected chi connectivity index (χ4v) is 2.25. The maximum atomic E-state index is 4.12. The molecule has 0 amide bonds. The van der Waals surface area contributed by atoms with Crippen LogP contribution in [-0.4, -0.2) is 14.8 Å². The van der Waals surface area contributed by atoms with E-state index in [4.69, 9.17) is 0 Å². The maximum Gasteiger partial charge on any atom is 0.149 e. The van der Waals surface area contributed by atoms with E-state index >= 15 is 0 Å². The zero-order chi connectivity index (χ0) is 13.1. The van der Waals surface area contributed by atoms with Crippen molar-refractivity contribution in [3.05, 3.63) is 46.5 Å². The molecule has 0 bridgehead atoms. The van der Waals surface area contributed by atoms with Gasteiger partial charge in [0, 0.05) is 17.6 Å². The normalized spacial score (nSPS) is 14.4. The maximum absolute atomic E-state index is 4.12. The first-order valence-electron chi connectivity index (χ1n) is 5.93. The van der Waals surface area contributed by atoms with Crippen molar-refractivity contribution in [1.29, 1.82) is 0 Å². The van der Waals surface area contributed by atoms with Crippen molar-refractivity contribution in [2.45, 2.75) is 25.9 Å². The van der Waals surface area contributed by atoms with E-state index in [0.29, 0.717) is 0 Å². The van der Waals surface area contributed by atoms with Crippen LogP contribution in [0.25, 0.3) is 0 Å². The smallest absolute Gasteiger partial charge is 0.149 e. The summed E-state index contributed by atoms with van der Waals surface area (Å²) in [5.74, 6) is 0.943. The molecule has 0 radical (unpaired) electrons. The quantitative estimate of drug-likeness (QED) is 0.944. The largest absolute Gasteiger partial charge is 0.319 e. The second-order valence-electron chi connectivity index (χ2n) is 4.46. The van der Waals surface area contributed by atoms with Crippen LogP contribution in [0.15, 0.2) is 35.1 Å². The molecule has 1 N–H and O–H groups in total. The average molecular weight is 309 g/mol. The molecule has 2 aromatic rings. The molecule has 0 saturated carbocycles. The molecule has 0 aliphatic heterocycles. The molecule has 2 unspecified atom stereocenters. The third-order valence-electron chi connectivity index (χ3n) is 3.00. The van der Waals surface area contributed by atoms with Crippen molar-refractivity contribution < 1.29 is 0 Å². The van der Waals surface area contributed by atoms with E-state index in [-0.39, 0.29) is 12.1 Å². The molecule has 96 valence electrons. The van der Waals surface area contributed by atoms with Gasteiger partial charge >= 0.3 is 0 Å². The van der Waals surface area contributed by atoms with E-state index < -0.39 is 0 Å². The van der Waals surface area contributed by atoms with Crippen molar-refractivity contribution in [3.8, 4) is 0 Å². The monoisotopic (exact) mass is 308 g/mol. The van der Waals surface area contributed by atoms with Crippen LogP contribution in [0.3, 0.4) is 0 Å². The first kappa shape index (κ1) is 13.2. The number of hydrogen-bond donors (Lipinski definition) is 1. The third-order valence-corrected chi connectivity index (χ3v) is 3.53. The molecule has 18 heavy (non-hydrogen) atoms. The second-order valence-corrected chi connectivity index (χ2v) is 5.38. The lowest BCUT2D eigenvalue weighted by molar-refractivity contribution is 0.466. The standard InChI is InChI=1S/C13H17BrN4/c1-9(11-4-6-12(14)7-5-11)16-10(2)13-17-15-8-18(13)3/h4-10,16H,1-3H3. The Morgan fingerprint density at radius 2 is 1.83 bits per heavy atom. The van der Waals surface area contributed by atoms with Crippen LogP contribution in [0.5, 0.6) is 0 Å². The molecule has 0 spiro atoms. The van der Waals surface area contributed by atoms with Gasteiger partial charge in [0.2, 0.25) is 0 Å². The number of aryl methyl sites for hydroxylation is 1. The van der Waals surface area contributed by atoms with Crippen LogP contribution in [-0.2, 0) is 7.05 Å². The van der Waals surface area contributed by atoms with Gasteiger partial charge in [-0.3, -0.25) is 0 Å². The summed E-state index contributed by atoms with van der Waals surface area (Å²) in [6, 6.07) is 8.78. The molecule has 4 nitrogen and oxygen atoms in total. The van der Waals surface area contributed by atoms with E-state index in [1.54, 1.807) is 6.33 Å². The number of aromatic nitrogens is 3. The highest BCUT2D eigenvalue weighted by Crippen LogP contribution is 2.19. The summed E-state index contributed by atoms with van der Waals surface area (Å²) in [4.78, 5) is 0. The van der Waals surface area contributed by atoms with Gasteiger partial charge in [0.05, 0.1) is 6.04 Å². The van der Waals surface area contributed by atoms with Crippen molar-refractivity contribution in [2.75, 3.05) is 0 Å². The zero-order valence-corrected chi connectivity index (χ0v) is 12.3. The molecule has 0 saturated heterocycles. The molecule has 1 aromatic heterocycles. The predicted molar refractivity (Wildman–Crippen MR) is 75.1 cm³/mol. The zero-order valence-electron chi connectivity index (χ0n) is 10.8. The molecule has 2 atom stereocenters. The number of rotatable bonds is 4. The lowest BCUT2D eigenvalue weighted by Gasteiger charge is -2.19. The average Bonchev–Trinajstić information content (AvgIpc) is 2.76. The SMILES string of the molecule is CC(NC(C)c1nncn1C)c1ccc(Br)cc1. The lowest BCUT2D eigenvalue weighted by atomic mass is 10.1. The van der Waals surface area contributed by atoms with Gasteiger partial charge < -0.3 is 9.88 Å². The van der Waals surface area contributed by atoms with E-state index in [2.05, 4.69) is 69.6 Å². The Labute approximate surface area is 116 Å². The number of nitrogens with one attached hydrogen (secondary N) is 1. The highest BCUT2D eigenvalue weighted by Gasteiger charge is 2.14. The van der Waals surface area contributed by atoms with Gasteiger partial charge in [0.15, 0.2) is 0 Å². The summed E-state index contributed by atoms with van der Waals surface area (Å²) in [5.41, 5.74) is 1.26. The Hall–Kier alpha value is -1.20. The first-order valence-corrected chi connectivity index (χ1v) is 6.72. The van der Waals surface area contributed by atoms with Crippen molar-refractivity contribution in [2.24, 2.45) is 7.05 Å². The second kappa shape index (κ2) is 5.63. The minimum atomic E-state index is 0.163. The molecule has 0 aliphatic rings. The Kier molecular flexibility index (Phi) is 4.14. The number of hydrogen-bond acceptors (Lipinski definition) is 3. The Morgan fingerprint density at radius 1 is 1.17 bits per heavy atom. The fraction of sp³-hybridized carbons (Fsp3) is 0.385. The van der Waals surface area contributed by atoms with Gasteiger partial charge in [-0.1, -0.05) is 28.1 Å². The topological polar surface area (TPSA) is 42.7 Å². The Morgan fingerprint density at radius 3 is 2.39 bits per heavy atom. The van der Waals surface area contributed by atoms with Gasteiger partial charge in [-0.15, -0.1) is 10.2 Å². The van der Waals surface area contributed by atoms with E-state index in [1.165, 1.54) is 5.56 Å². The number of halogens is 1. The summed E-state index contributed by atoms with van der Waals surface area (Å²) in [5, 5.41) is 11.5. The summed E-state index contributed by atoms with van der Waals surface area (Å²) in [7, 11) is 1.96. The number of benzene rings is 1. The summed E-state index contributed by atoms with van der Waals surface area (Å²) >= 11 is 3.44. The molecular weight excluding hydrogens is 292 g/mol. The predicted octanol–water partition coefficient (Wildman–Crippen LogP) is 2.99. The van der Waals surface area contributed by atoms with Crippen LogP contribution in [0.4, 0.5) is 0 Å². The van der Waals surface area contributed by atoms with Gasteiger partial charge in [-0.2, -0.15) is 0 Å². The van der Waals surface area contributed by atoms with Gasteiger partial charge in [0.1, 0.15) is 12.2 Å². The fourth-order valence-electron chi connectivity index (χ4n) is 1.98. The minimum Gasteiger partial charge on any atom is -0.319 e.